The molecule has 5 nitrogen and oxygen atoms in total. The van der Waals surface area contributed by atoms with Crippen molar-refractivity contribution in [2.24, 2.45) is 0 Å². The standard InChI is InChI=1S/C19H23F3N4O/c1-11-12(2)24-25-18(17(11)23-14-5-4-8-26(3)10-14)15-7-6-13(9-16(15)27)19(20,21)22/h6-7,9,14,27H,4-5,8,10H2,1-3H3,(H,23,24). The molecule has 1 fully saturated rings. The zero-order valence-corrected chi connectivity index (χ0v) is 15.6. The van der Waals surface area contributed by atoms with Crippen LogP contribution in [0.2, 0.25) is 0 Å². The molecule has 0 bridgehead atoms. The van der Waals surface area contributed by atoms with Gasteiger partial charge in [0.1, 0.15) is 11.4 Å². The summed E-state index contributed by atoms with van der Waals surface area (Å²) < 4.78 is 38.7. The monoisotopic (exact) mass is 380 g/mol. The maximum atomic E-state index is 12.9. The smallest absolute Gasteiger partial charge is 0.416 e. The number of aryl methyl sites for hydroxylation is 1. The molecule has 0 aliphatic carbocycles. The third-order valence-electron chi connectivity index (χ3n) is 5.01. The van der Waals surface area contributed by atoms with Crippen LogP contribution in [0.4, 0.5) is 18.9 Å². The van der Waals surface area contributed by atoms with Crippen molar-refractivity contribution in [3.63, 3.8) is 0 Å². The van der Waals surface area contributed by atoms with E-state index in [1.807, 2.05) is 13.8 Å². The van der Waals surface area contributed by atoms with Crippen LogP contribution in [-0.2, 0) is 6.18 Å². The lowest BCUT2D eigenvalue weighted by atomic mass is 10.0. The number of nitrogens with zero attached hydrogens (tertiary/aromatic N) is 3. The Morgan fingerprint density at radius 3 is 2.59 bits per heavy atom. The molecule has 8 heteroatoms. The molecular weight excluding hydrogens is 357 g/mol. The molecule has 0 spiro atoms. The predicted molar refractivity (Wildman–Crippen MR) is 97.8 cm³/mol. The van der Waals surface area contributed by atoms with Crippen LogP contribution in [0, 0.1) is 13.8 Å². The zero-order valence-electron chi connectivity index (χ0n) is 15.6. The van der Waals surface area contributed by atoms with Crippen molar-refractivity contribution in [3.05, 3.63) is 35.0 Å². The van der Waals surface area contributed by atoms with Gasteiger partial charge in [0.15, 0.2) is 0 Å². The number of halogens is 3. The number of likely N-dealkylation sites (N-methyl/N-ethyl adjacent to an activating group) is 1. The normalized spacial score (nSPS) is 18.5. The average molecular weight is 380 g/mol. The van der Waals surface area contributed by atoms with Gasteiger partial charge in [0, 0.05) is 18.2 Å². The second kappa shape index (κ2) is 7.34. The van der Waals surface area contributed by atoms with E-state index in [-0.39, 0.29) is 11.6 Å². The fourth-order valence-electron chi connectivity index (χ4n) is 3.37. The van der Waals surface area contributed by atoms with Crippen molar-refractivity contribution in [1.29, 1.82) is 0 Å². The Hall–Kier alpha value is -2.35. The molecule has 2 heterocycles. The summed E-state index contributed by atoms with van der Waals surface area (Å²) in [5, 5.41) is 22.0. The van der Waals surface area contributed by atoms with E-state index in [1.54, 1.807) is 0 Å². The van der Waals surface area contributed by atoms with Crippen molar-refractivity contribution in [3.8, 4) is 17.0 Å². The maximum absolute atomic E-state index is 12.9. The van der Waals surface area contributed by atoms with Gasteiger partial charge in [0.05, 0.1) is 16.9 Å². The Labute approximate surface area is 156 Å². The molecule has 0 amide bonds. The van der Waals surface area contributed by atoms with Crippen LogP contribution in [0.5, 0.6) is 5.75 Å². The lowest BCUT2D eigenvalue weighted by Gasteiger charge is -2.32. The minimum atomic E-state index is -4.52. The van der Waals surface area contributed by atoms with Gasteiger partial charge in [-0.25, -0.2) is 0 Å². The molecule has 3 rings (SSSR count). The van der Waals surface area contributed by atoms with Crippen LogP contribution in [0.3, 0.4) is 0 Å². The molecule has 0 radical (unpaired) electrons. The van der Waals surface area contributed by atoms with E-state index in [0.717, 1.165) is 49.3 Å². The molecule has 146 valence electrons. The van der Waals surface area contributed by atoms with Gasteiger partial charge in [0.25, 0.3) is 0 Å². The van der Waals surface area contributed by atoms with E-state index < -0.39 is 17.5 Å². The van der Waals surface area contributed by atoms with Crippen LogP contribution < -0.4 is 5.32 Å². The number of benzene rings is 1. The molecule has 1 saturated heterocycles. The number of alkyl halides is 3. The van der Waals surface area contributed by atoms with Crippen molar-refractivity contribution < 1.29 is 18.3 Å². The van der Waals surface area contributed by atoms with Gasteiger partial charge in [-0.15, -0.1) is 5.10 Å². The first-order chi connectivity index (χ1) is 12.7. The fraction of sp³-hybridized carbons (Fsp3) is 0.474. The number of phenolic OH excluding ortho intramolecular Hbond substituents is 1. The Bertz CT molecular complexity index is 838. The highest BCUT2D eigenvalue weighted by molar-refractivity contribution is 5.80. The largest absolute Gasteiger partial charge is 0.507 e. The topological polar surface area (TPSA) is 61.3 Å². The maximum Gasteiger partial charge on any atom is 0.416 e. The predicted octanol–water partition coefficient (Wildman–Crippen LogP) is 3.99. The van der Waals surface area contributed by atoms with Crippen molar-refractivity contribution in [1.82, 2.24) is 15.1 Å². The number of aromatic nitrogens is 2. The molecule has 1 unspecified atom stereocenters. The first-order valence-corrected chi connectivity index (χ1v) is 8.86. The van der Waals surface area contributed by atoms with Crippen LogP contribution in [0.15, 0.2) is 18.2 Å². The average Bonchev–Trinajstić information content (AvgIpc) is 2.59. The lowest BCUT2D eigenvalue weighted by molar-refractivity contribution is -0.137. The second-order valence-corrected chi connectivity index (χ2v) is 7.11. The number of hydrogen-bond acceptors (Lipinski definition) is 5. The van der Waals surface area contributed by atoms with Crippen molar-refractivity contribution in [2.75, 3.05) is 25.5 Å². The molecule has 2 aromatic rings. The Morgan fingerprint density at radius 1 is 1.22 bits per heavy atom. The summed E-state index contributed by atoms with van der Waals surface area (Å²) >= 11 is 0. The SMILES string of the molecule is Cc1nnc(-c2ccc(C(F)(F)F)cc2O)c(NC2CCCN(C)C2)c1C. The highest BCUT2D eigenvalue weighted by atomic mass is 19.4. The zero-order chi connectivity index (χ0) is 19.8. The van der Waals surface area contributed by atoms with Gasteiger partial charge in [0.2, 0.25) is 0 Å². The second-order valence-electron chi connectivity index (χ2n) is 7.11. The van der Waals surface area contributed by atoms with Gasteiger partial charge in [-0.05, 0) is 64.0 Å². The minimum absolute atomic E-state index is 0.196. The molecule has 1 aliphatic rings. The molecule has 1 atom stereocenters. The summed E-state index contributed by atoms with van der Waals surface area (Å²) in [5.41, 5.74) is 1.99. The fourth-order valence-corrected chi connectivity index (χ4v) is 3.37. The van der Waals surface area contributed by atoms with Crippen molar-refractivity contribution in [2.45, 2.75) is 38.9 Å². The first kappa shape index (κ1) is 19.4. The molecule has 0 saturated carbocycles. The van der Waals surface area contributed by atoms with E-state index in [9.17, 15) is 18.3 Å². The highest BCUT2D eigenvalue weighted by Crippen LogP contribution is 2.39. The van der Waals surface area contributed by atoms with E-state index in [4.69, 9.17) is 0 Å². The lowest BCUT2D eigenvalue weighted by Crippen LogP contribution is -2.40. The highest BCUT2D eigenvalue weighted by Gasteiger charge is 2.31. The van der Waals surface area contributed by atoms with Crippen molar-refractivity contribution >= 4 is 5.69 Å². The third kappa shape index (κ3) is 4.16. The van der Waals surface area contributed by atoms with Crippen LogP contribution in [0.1, 0.15) is 29.7 Å². The summed E-state index contributed by atoms with van der Waals surface area (Å²) in [6.45, 7) is 5.62. The molecular formula is C19H23F3N4O. The van der Waals surface area contributed by atoms with E-state index >= 15 is 0 Å². The Kier molecular flexibility index (Phi) is 5.28. The number of piperidine rings is 1. The summed E-state index contributed by atoms with van der Waals surface area (Å²) in [5.74, 6) is -0.466. The third-order valence-corrected chi connectivity index (χ3v) is 5.01. The number of rotatable bonds is 3. The summed E-state index contributed by atoms with van der Waals surface area (Å²) in [6, 6.07) is 3.12. The number of phenols is 1. The van der Waals surface area contributed by atoms with Gasteiger partial charge in [-0.2, -0.15) is 18.3 Å². The molecule has 1 aromatic heterocycles. The van der Waals surface area contributed by atoms with Gasteiger partial charge in [-0.3, -0.25) is 0 Å². The number of anilines is 1. The minimum Gasteiger partial charge on any atom is -0.507 e. The molecule has 27 heavy (non-hydrogen) atoms. The first-order valence-electron chi connectivity index (χ1n) is 8.86. The van der Waals surface area contributed by atoms with E-state index in [0.29, 0.717) is 11.4 Å². The summed E-state index contributed by atoms with van der Waals surface area (Å²) in [6.07, 6.45) is -2.46. The Balaban J connectivity index is 2.02. The van der Waals surface area contributed by atoms with E-state index in [2.05, 4.69) is 27.5 Å². The molecule has 2 N–H and O–H groups in total. The Morgan fingerprint density at radius 2 is 1.96 bits per heavy atom. The number of hydrogen-bond donors (Lipinski definition) is 2. The van der Waals surface area contributed by atoms with E-state index in [1.165, 1.54) is 6.07 Å². The summed E-state index contributed by atoms with van der Waals surface area (Å²) in [4.78, 5) is 2.23. The van der Waals surface area contributed by atoms with Gasteiger partial charge < -0.3 is 15.3 Å². The van der Waals surface area contributed by atoms with Crippen LogP contribution in [-0.4, -0.2) is 46.4 Å². The number of likely N-dealkylation sites (tertiary alicyclic amines) is 1. The quantitative estimate of drug-likeness (QED) is 0.843. The number of nitrogens with one attached hydrogen (secondary N) is 1. The summed E-state index contributed by atoms with van der Waals surface area (Å²) in [7, 11) is 2.05. The number of aromatic hydroxyl groups is 1. The van der Waals surface area contributed by atoms with Gasteiger partial charge in [-0.1, -0.05) is 0 Å². The van der Waals surface area contributed by atoms with Gasteiger partial charge >= 0.3 is 6.18 Å². The van der Waals surface area contributed by atoms with Crippen LogP contribution >= 0.6 is 0 Å². The molecule has 1 aliphatic heterocycles. The van der Waals surface area contributed by atoms with Crippen LogP contribution in [0.25, 0.3) is 11.3 Å². The molecule has 1 aromatic carbocycles.